The molecule has 2 aromatic rings. The second-order valence-electron chi connectivity index (χ2n) is 4.90. The van der Waals surface area contributed by atoms with E-state index in [-0.39, 0.29) is 5.28 Å². The van der Waals surface area contributed by atoms with E-state index < -0.39 is 0 Å². The molecule has 0 saturated carbocycles. The van der Waals surface area contributed by atoms with Gasteiger partial charge >= 0.3 is 0 Å². The van der Waals surface area contributed by atoms with Crippen molar-refractivity contribution in [3.8, 4) is 11.5 Å². The van der Waals surface area contributed by atoms with Crippen molar-refractivity contribution in [3.63, 3.8) is 0 Å². The molecule has 0 bridgehead atoms. The highest BCUT2D eigenvalue weighted by molar-refractivity contribution is 6.28. The molecule has 0 N–H and O–H groups in total. The van der Waals surface area contributed by atoms with Crippen LogP contribution < -0.4 is 9.64 Å². The zero-order valence-electron chi connectivity index (χ0n) is 11.7. The van der Waals surface area contributed by atoms with E-state index in [9.17, 15) is 0 Å². The number of aromatic nitrogens is 2. The summed E-state index contributed by atoms with van der Waals surface area (Å²) < 4.78 is 11.2. The summed E-state index contributed by atoms with van der Waals surface area (Å²) in [5, 5.41) is 0.207. The minimum atomic E-state index is 0.207. The lowest BCUT2D eigenvalue weighted by atomic mass is 10.2. The summed E-state index contributed by atoms with van der Waals surface area (Å²) in [6.07, 6.45) is 3.11. The first kappa shape index (κ1) is 14.1. The molecule has 0 spiro atoms. The number of hydrogen-bond acceptors (Lipinski definition) is 5. The van der Waals surface area contributed by atoms with Crippen LogP contribution in [0.3, 0.4) is 0 Å². The fourth-order valence-corrected chi connectivity index (χ4v) is 2.42. The molecular weight excluding hydrogens is 290 g/mol. The van der Waals surface area contributed by atoms with Crippen molar-refractivity contribution in [2.75, 3.05) is 24.7 Å². The largest absolute Gasteiger partial charge is 0.454 e. The van der Waals surface area contributed by atoms with Gasteiger partial charge in [0.1, 0.15) is 5.75 Å². The Morgan fingerprint density at radius 2 is 2.10 bits per heavy atom. The van der Waals surface area contributed by atoms with Crippen LogP contribution in [0.15, 0.2) is 36.7 Å². The number of nitrogens with zero attached hydrogens (tertiary/aromatic N) is 3. The van der Waals surface area contributed by atoms with E-state index in [0.29, 0.717) is 11.8 Å². The first-order valence-electron chi connectivity index (χ1n) is 6.82. The average Bonchev–Trinajstić information content (AvgIpc) is 2.50. The number of benzene rings is 1. The topological polar surface area (TPSA) is 47.5 Å². The molecule has 1 aromatic heterocycles. The summed E-state index contributed by atoms with van der Waals surface area (Å²) in [5.74, 6) is 1.31. The fourth-order valence-electron chi connectivity index (χ4n) is 2.33. The van der Waals surface area contributed by atoms with Crippen LogP contribution in [0.5, 0.6) is 11.5 Å². The summed E-state index contributed by atoms with van der Waals surface area (Å²) in [6.45, 7) is 4.53. The molecule has 110 valence electrons. The van der Waals surface area contributed by atoms with Crippen molar-refractivity contribution in [2.24, 2.45) is 0 Å². The van der Waals surface area contributed by atoms with E-state index in [1.807, 2.05) is 18.2 Å². The van der Waals surface area contributed by atoms with Gasteiger partial charge in [-0.3, -0.25) is 0 Å². The van der Waals surface area contributed by atoms with Crippen LogP contribution in [0, 0.1) is 0 Å². The molecule has 5 nitrogen and oxygen atoms in total. The van der Waals surface area contributed by atoms with Crippen LogP contribution in [0.25, 0.3) is 0 Å². The maximum Gasteiger partial charge on any atom is 0.222 e. The summed E-state index contributed by atoms with van der Waals surface area (Å²) in [6, 6.07) is 8.32. The molecule has 1 fully saturated rings. The lowest BCUT2D eigenvalue weighted by Crippen LogP contribution is -2.43. The third-order valence-corrected chi connectivity index (χ3v) is 3.54. The number of ether oxygens (including phenoxy) is 2. The van der Waals surface area contributed by atoms with Gasteiger partial charge in [0.15, 0.2) is 5.75 Å². The molecule has 0 amide bonds. The minimum Gasteiger partial charge on any atom is -0.454 e. The predicted molar refractivity (Wildman–Crippen MR) is 81.2 cm³/mol. The molecular formula is C15H16ClN3O2. The van der Waals surface area contributed by atoms with Crippen molar-refractivity contribution in [3.05, 3.63) is 41.9 Å². The second-order valence-corrected chi connectivity index (χ2v) is 5.24. The van der Waals surface area contributed by atoms with Crippen molar-refractivity contribution >= 4 is 17.3 Å². The average molecular weight is 306 g/mol. The van der Waals surface area contributed by atoms with Crippen molar-refractivity contribution < 1.29 is 9.47 Å². The Morgan fingerprint density at radius 1 is 1.29 bits per heavy atom. The van der Waals surface area contributed by atoms with Crippen LogP contribution in [-0.4, -0.2) is 35.8 Å². The monoisotopic (exact) mass is 305 g/mol. The molecule has 0 unspecified atom stereocenters. The maximum atomic E-state index is 5.76. The van der Waals surface area contributed by atoms with Gasteiger partial charge in [0.25, 0.3) is 0 Å². The van der Waals surface area contributed by atoms with E-state index in [4.69, 9.17) is 21.1 Å². The summed E-state index contributed by atoms with van der Waals surface area (Å²) in [7, 11) is 0. The smallest absolute Gasteiger partial charge is 0.222 e. The SMILES string of the molecule is C[C@@H]1COCCN1c1cccc(Oc2cnc(Cl)nc2)c1. The van der Waals surface area contributed by atoms with Crippen LogP contribution in [0.2, 0.25) is 5.28 Å². The minimum absolute atomic E-state index is 0.207. The normalized spacial score (nSPS) is 18.6. The van der Waals surface area contributed by atoms with E-state index in [1.54, 1.807) is 12.4 Å². The molecule has 1 aromatic carbocycles. The molecule has 0 aliphatic carbocycles. The molecule has 2 heterocycles. The lowest BCUT2D eigenvalue weighted by Gasteiger charge is -2.35. The van der Waals surface area contributed by atoms with E-state index in [0.717, 1.165) is 31.2 Å². The Kier molecular flexibility index (Phi) is 4.22. The molecule has 1 saturated heterocycles. The maximum absolute atomic E-state index is 5.76. The van der Waals surface area contributed by atoms with Gasteiger partial charge in [-0.05, 0) is 30.7 Å². The Balaban J connectivity index is 1.78. The zero-order valence-corrected chi connectivity index (χ0v) is 12.5. The lowest BCUT2D eigenvalue weighted by molar-refractivity contribution is 0.0989. The Morgan fingerprint density at radius 3 is 2.86 bits per heavy atom. The number of rotatable bonds is 3. The third-order valence-electron chi connectivity index (χ3n) is 3.35. The van der Waals surface area contributed by atoms with Gasteiger partial charge in [-0.1, -0.05) is 6.07 Å². The first-order chi connectivity index (χ1) is 10.2. The van der Waals surface area contributed by atoms with Gasteiger partial charge in [-0.2, -0.15) is 0 Å². The fraction of sp³-hybridized carbons (Fsp3) is 0.333. The highest BCUT2D eigenvalue weighted by Crippen LogP contribution is 2.27. The molecule has 3 rings (SSSR count). The van der Waals surface area contributed by atoms with Crippen LogP contribution in [0.4, 0.5) is 5.69 Å². The van der Waals surface area contributed by atoms with Crippen molar-refractivity contribution in [1.29, 1.82) is 0 Å². The molecule has 1 aliphatic heterocycles. The van der Waals surface area contributed by atoms with E-state index >= 15 is 0 Å². The zero-order chi connectivity index (χ0) is 14.7. The van der Waals surface area contributed by atoms with Crippen LogP contribution in [-0.2, 0) is 4.74 Å². The van der Waals surface area contributed by atoms with Crippen molar-refractivity contribution in [1.82, 2.24) is 9.97 Å². The third kappa shape index (κ3) is 3.43. The quantitative estimate of drug-likeness (QED) is 0.815. The van der Waals surface area contributed by atoms with Crippen LogP contribution in [0.1, 0.15) is 6.92 Å². The van der Waals surface area contributed by atoms with Gasteiger partial charge in [-0.25, -0.2) is 9.97 Å². The summed E-state index contributed by atoms with van der Waals surface area (Å²) in [5.41, 5.74) is 1.12. The molecule has 21 heavy (non-hydrogen) atoms. The predicted octanol–water partition coefficient (Wildman–Crippen LogP) is 3.15. The van der Waals surface area contributed by atoms with Gasteiger partial charge in [0, 0.05) is 24.3 Å². The molecule has 1 atom stereocenters. The highest BCUT2D eigenvalue weighted by atomic mass is 35.5. The van der Waals surface area contributed by atoms with Gasteiger partial charge < -0.3 is 14.4 Å². The first-order valence-corrected chi connectivity index (χ1v) is 7.20. The highest BCUT2D eigenvalue weighted by Gasteiger charge is 2.19. The van der Waals surface area contributed by atoms with Gasteiger partial charge in [-0.15, -0.1) is 0 Å². The van der Waals surface area contributed by atoms with Gasteiger partial charge in [0.2, 0.25) is 5.28 Å². The number of morpholine rings is 1. The summed E-state index contributed by atoms with van der Waals surface area (Å²) >= 11 is 5.66. The number of hydrogen-bond donors (Lipinski definition) is 0. The van der Waals surface area contributed by atoms with Crippen LogP contribution >= 0.6 is 11.6 Å². The second kappa shape index (κ2) is 6.28. The van der Waals surface area contributed by atoms with Gasteiger partial charge in [0.05, 0.1) is 25.6 Å². The number of anilines is 1. The Bertz CT molecular complexity index is 606. The summed E-state index contributed by atoms with van der Waals surface area (Å²) in [4.78, 5) is 10.1. The molecule has 0 radical (unpaired) electrons. The van der Waals surface area contributed by atoms with Crippen molar-refractivity contribution in [2.45, 2.75) is 13.0 Å². The van der Waals surface area contributed by atoms with E-state index in [1.165, 1.54) is 0 Å². The Labute approximate surface area is 128 Å². The van der Waals surface area contributed by atoms with E-state index in [2.05, 4.69) is 27.9 Å². The molecule has 6 heteroatoms. The number of halogens is 1. The molecule has 1 aliphatic rings. The standard InChI is InChI=1S/C15H16ClN3O2/c1-11-10-20-6-5-19(11)12-3-2-4-13(7-12)21-14-8-17-15(16)18-9-14/h2-4,7-9,11H,5-6,10H2,1H3/t11-/m1/s1. The Hall–Kier alpha value is -1.85.